The molecule has 1 heterocycles. The van der Waals surface area contributed by atoms with Gasteiger partial charge in [-0.05, 0) is 18.6 Å². The van der Waals surface area contributed by atoms with Crippen molar-refractivity contribution >= 4 is 11.5 Å². The Kier molecular flexibility index (Phi) is 3.26. The summed E-state index contributed by atoms with van der Waals surface area (Å²) in [5, 5.41) is 0. The maximum atomic E-state index is 11.6. The Morgan fingerprint density at radius 1 is 1.05 bits per heavy atom. The standard InChI is InChI=1S/C18H16O3/c1-13(19)21-18(2)15-10-6-7-11-17(15)20-12-16(18)14-8-4-3-5-9-14/h3-12H,1-2H3. The molecule has 1 atom stereocenters. The molecule has 0 spiro atoms. The van der Waals surface area contributed by atoms with Crippen LogP contribution in [0, 0.1) is 0 Å². The van der Waals surface area contributed by atoms with E-state index in [0.717, 1.165) is 16.7 Å². The highest BCUT2D eigenvalue weighted by Gasteiger charge is 2.40. The van der Waals surface area contributed by atoms with Crippen LogP contribution in [-0.2, 0) is 15.1 Å². The van der Waals surface area contributed by atoms with Crippen molar-refractivity contribution in [3.8, 4) is 5.75 Å². The van der Waals surface area contributed by atoms with Crippen molar-refractivity contribution in [2.75, 3.05) is 0 Å². The van der Waals surface area contributed by atoms with Crippen LogP contribution in [0.25, 0.3) is 5.57 Å². The number of hydrogen-bond donors (Lipinski definition) is 0. The lowest BCUT2D eigenvalue weighted by Crippen LogP contribution is -2.32. The Morgan fingerprint density at radius 3 is 2.43 bits per heavy atom. The van der Waals surface area contributed by atoms with Crippen molar-refractivity contribution in [3.05, 3.63) is 72.0 Å². The molecule has 1 aliphatic heterocycles. The molecule has 0 bridgehead atoms. The van der Waals surface area contributed by atoms with E-state index in [1.54, 1.807) is 6.26 Å². The molecule has 2 aromatic carbocycles. The fraction of sp³-hybridized carbons (Fsp3) is 0.167. The van der Waals surface area contributed by atoms with Crippen molar-refractivity contribution in [1.29, 1.82) is 0 Å². The summed E-state index contributed by atoms with van der Waals surface area (Å²) in [5.74, 6) is 0.386. The fourth-order valence-corrected chi connectivity index (χ4v) is 2.70. The number of ether oxygens (including phenoxy) is 2. The number of benzene rings is 2. The molecule has 3 nitrogen and oxygen atoms in total. The molecular weight excluding hydrogens is 264 g/mol. The third kappa shape index (κ3) is 2.31. The highest BCUT2D eigenvalue weighted by molar-refractivity contribution is 5.79. The predicted molar refractivity (Wildman–Crippen MR) is 80.6 cm³/mol. The zero-order valence-corrected chi connectivity index (χ0v) is 12.0. The lowest BCUT2D eigenvalue weighted by molar-refractivity contribution is -0.151. The molecule has 2 aromatic rings. The van der Waals surface area contributed by atoms with Crippen molar-refractivity contribution in [2.24, 2.45) is 0 Å². The van der Waals surface area contributed by atoms with Crippen molar-refractivity contribution in [3.63, 3.8) is 0 Å². The quantitative estimate of drug-likeness (QED) is 0.783. The van der Waals surface area contributed by atoms with Crippen LogP contribution < -0.4 is 4.74 Å². The zero-order chi connectivity index (χ0) is 14.9. The number of esters is 1. The first-order chi connectivity index (χ1) is 10.1. The van der Waals surface area contributed by atoms with E-state index in [1.807, 2.05) is 61.5 Å². The van der Waals surface area contributed by atoms with Gasteiger partial charge in [0.25, 0.3) is 0 Å². The van der Waals surface area contributed by atoms with Gasteiger partial charge in [-0.25, -0.2) is 0 Å². The molecule has 0 saturated carbocycles. The molecule has 0 aliphatic carbocycles. The maximum Gasteiger partial charge on any atom is 0.303 e. The highest BCUT2D eigenvalue weighted by atomic mass is 16.6. The Bertz CT molecular complexity index is 703. The van der Waals surface area contributed by atoms with Crippen LogP contribution in [0.1, 0.15) is 25.0 Å². The van der Waals surface area contributed by atoms with Gasteiger partial charge < -0.3 is 9.47 Å². The number of carbonyl (C=O) groups is 1. The lowest BCUT2D eigenvalue weighted by Gasteiger charge is -2.36. The summed E-state index contributed by atoms with van der Waals surface area (Å²) in [4.78, 5) is 11.6. The third-order valence-corrected chi connectivity index (χ3v) is 3.65. The van der Waals surface area contributed by atoms with Crippen molar-refractivity contribution in [2.45, 2.75) is 19.4 Å². The molecule has 0 amide bonds. The van der Waals surface area contributed by atoms with Crippen LogP contribution in [0.3, 0.4) is 0 Å². The topological polar surface area (TPSA) is 35.5 Å². The van der Waals surface area contributed by atoms with Gasteiger partial charge in [0.15, 0.2) is 5.60 Å². The summed E-state index contributed by atoms with van der Waals surface area (Å²) in [6.07, 6.45) is 1.67. The minimum Gasteiger partial charge on any atom is -0.464 e. The second-order valence-electron chi connectivity index (χ2n) is 5.14. The normalized spacial score (nSPS) is 20.0. The monoisotopic (exact) mass is 280 g/mol. The van der Waals surface area contributed by atoms with Gasteiger partial charge in [-0.1, -0.05) is 48.5 Å². The van der Waals surface area contributed by atoms with Gasteiger partial charge >= 0.3 is 5.97 Å². The molecule has 0 N–H and O–H groups in total. The molecular formula is C18H16O3. The van der Waals surface area contributed by atoms with Gasteiger partial charge in [0.05, 0.1) is 6.26 Å². The van der Waals surface area contributed by atoms with Crippen LogP contribution in [0.5, 0.6) is 5.75 Å². The van der Waals surface area contributed by atoms with E-state index in [0.29, 0.717) is 5.75 Å². The average Bonchev–Trinajstić information content (AvgIpc) is 2.48. The van der Waals surface area contributed by atoms with Gasteiger partial charge in [0.2, 0.25) is 0 Å². The van der Waals surface area contributed by atoms with E-state index in [9.17, 15) is 4.79 Å². The molecule has 21 heavy (non-hydrogen) atoms. The Hall–Kier alpha value is -2.55. The van der Waals surface area contributed by atoms with E-state index in [4.69, 9.17) is 9.47 Å². The van der Waals surface area contributed by atoms with E-state index in [-0.39, 0.29) is 5.97 Å². The lowest BCUT2D eigenvalue weighted by atomic mass is 9.82. The molecule has 1 aliphatic rings. The van der Waals surface area contributed by atoms with Crippen molar-refractivity contribution in [1.82, 2.24) is 0 Å². The maximum absolute atomic E-state index is 11.6. The highest BCUT2D eigenvalue weighted by Crippen LogP contribution is 2.46. The van der Waals surface area contributed by atoms with E-state index >= 15 is 0 Å². The minimum atomic E-state index is -0.859. The second kappa shape index (κ2) is 5.09. The number of hydrogen-bond acceptors (Lipinski definition) is 3. The van der Waals surface area contributed by atoms with Crippen LogP contribution in [-0.4, -0.2) is 5.97 Å². The van der Waals surface area contributed by atoms with Gasteiger partial charge in [0, 0.05) is 18.1 Å². The minimum absolute atomic E-state index is 0.323. The van der Waals surface area contributed by atoms with Gasteiger partial charge in [-0.3, -0.25) is 4.79 Å². The SMILES string of the molecule is CC(=O)OC1(C)C(c2ccccc2)=COc2ccccc21. The molecule has 106 valence electrons. The summed E-state index contributed by atoms with van der Waals surface area (Å²) in [6, 6.07) is 17.4. The average molecular weight is 280 g/mol. The molecule has 0 radical (unpaired) electrons. The van der Waals surface area contributed by atoms with Crippen LogP contribution in [0.2, 0.25) is 0 Å². The van der Waals surface area contributed by atoms with Gasteiger partial charge in [-0.2, -0.15) is 0 Å². The smallest absolute Gasteiger partial charge is 0.303 e. The van der Waals surface area contributed by atoms with Gasteiger partial charge in [-0.15, -0.1) is 0 Å². The van der Waals surface area contributed by atoms with Gasteiger partial charge in [0.1, 0.15) is 5.75 Å². The fourth-order valence-electron chi connectivity index (χ4n) is 2.70. The second-order valence-corrected chi connectivity index (χ2v) is 5.14. The van der Waals surface area contributed by atoms with E-state index < -0.39 is 5.60 Å². The summed E-state index contributed by atoms with van der Waals surface area (Å²) >= 11 is 0. The number of carbonyl (C=O) groups excluding carboxylic acids is 1. The van der Waals surface area contributed by atoms with Crippen LogP contribution in [0.15, 0.2) is 60.9 Å². The first-order valence-corrected chi connectivity index (χ1v) is 6.83. The summed E-state index contributed by atoms with van der Waals surface area (Å²) in [7, 11) is 0. The number of para-hydroxylation sites is 1. The van der Waals surface area contributed by atoms with E-state index in [2.05, 4.69) is 0 Å². The molecule has 0 fully saturated rings. The van der Waals surface area contributed by atoms with E-state index in [1.165, 1.54) is 6.92 Å². The number of rotatable bonds is 2. The first kappa shape index (κ1) is 13.4. The molecule has 3 heteroatoms. The molecule has 0 aromatic heterocycles. The molecule has 0 saturated heterocycles. The molecule has 1 unspecified atom stereocenters. The molecule has 3 rings (SSSR count). The van der Waals surface area contributed by atoms with Crippen LogP contribution >= 0.6 is 0 Å². The van der Waals surface area contributed by atoms with Crippen molar-refractivity contribution < 1.29 is 14.3 Å². The third-order valence-electron chi connectivity index (χ3n) is 3.65. The summed E-state index contributed by atoms with van der Waals surface area (Å²) < 4.78 is 11.4. The summed E-state index contributed by atoms with van der Waals surface area (Å²) in [6.45, 7) is 3.32. The Balaban J connectivity index is 2.16. The Morgan fingerprint density at radius 2 is 1.71 bits per heavy atom. The number of fused-ring (bicyclic) bond motifs is 1. The van der Waals surface area contributed by atoms with Crippen LogP contribution in [0.4, 0.5) is 0 Å². The predicted octanol–water partition coefficient (Wildman–Crippen LogP) is 3.90. The largest absolute Gasteiger partial charge is 0.464 e. The first-order valence-electron chi connectivity index (χ1n) is 6.83. The summed E-state index contributed by atoms with van der Waals surface area (Å²) in [5.41, 5.74) is 1.79. The zero-order valence-electron chi connectivity index (χ0n) is 12.0. The Labute approximate surface area is 123 Å².